The molecule has 3 nitrogen and oxygen atoms in total. The molecular weight excluding hydrogens is 216 g/mol. The number of hydrogen-bond donors (Lipinski definition) is 1. The minimum Gasteiger partial charge on any atom is -0.394 e. The Morgan fingerprint density at radius 1 is 1.24 bits per heavy atom. The normalized spacial score (nSPS) is 38.1. The molecular formula is C14H26O3. The van der Waals surface area contributed by atoms with E-state index < -0.39 is 0 Å². The fourth-order valence-electron chi connectivity index (χ4n) is 3.28. The highest BCUT2D eigenvalue weighted by atomic mass is 16.7. The summed E-state index contributed by atoms with van der Waals surface area (Å²) in [6.07, 6.45) is 7.02. The fraction of sp³-hybridized carbons (Fsp3) is 1.00. The van der Waals surface area contributed by atoms with Crippen LogP contribution in [-0.4, -0.2) is 30.2 Å². The van der Waals surface area contributed by atoms with Crippen LogP contribution in [0.2, 0.25) is 0 Å². The lowest BCUT2D eigenvalue weighted by Crippen LogP contribution is -2.36. The molecule has 1 atom stereocenters. The quantitative estimate of drug-likeness (QED) is 0.824. The summed E-state index contributed by atoms with van der Waals surface area (Å²) < 4.78 is 11.6. The van der Waals surface area contributed by atoms with Gasteiger partial charge in [-0.05, 0) is 43.9 Å². The molecule has 100 valence electrons. The monoisotopic (exact) mass is 242 g/mol. The molecule has 1 saturated carbocycles. The maximum atomic E-state index is 8.74. The van der Waals surface area contributed by atoms with Gasteiger partial charge in [0.25, 0.3) is 0 Å². The third-order valence-electron chi connectivity index (χ3n) is 4.50. The van der Waals surface area contributed by atoms with E-state index in [1.165, 1.54) is 25.7 Å². The van der Waals surface area contributed by atoms with Crippen molar-refractivity contribution in [1.29, 1.82) is 0 Å². The molecule has 0 amide bonds. The van der Waals surface area contributed by atoms with Gasteiger partial charge in [-0.2, -0.15) is 0 Å². The van der Waals surface area contributed by atoms with E-state index in [-0.39, 0.29) is 18.5 Å². The molecule has 1 heterocycles. The van der Waals surface area contributed by atoms with Gasteiger partial charge in [0.15, 0.2) is 6.29 Å². The van der Waals surface area contributed by atoms with Crippen molar-refractivity contribution in [3.63, 3.8) is 0 Å². The minimum atomic E-state index is -0.0715. The summed E-state index contributed by atoms with van der Waals surface area (Å²) in [7, 11) is 0. The van der Waals surface area contributed by atoms with Crippen molar-refractivity contribution in [2.45, 2.75) is 64.3 Å². The van der Waals surface area contributed by atoms with Gasteiger partial charge in [-0.3, -0.25) is 0 Å². The van der Waals surface area contributed by atoms with Crippen LogP contribution in [0.4, 0.5) is 0 Å². The smallest absolute Gasteiger partial charge is 0.158 e. The van der Waals surface area contributed by atoms with Crippen LogP contribution in [0.3, 0.4) is 0 Å². The highest BCUT2D eigenvalue weighted by Crippen LogP contribution is 2.45. The average Bonchev–Trinajstić information content (AvgIpc) is 2.70. The molecule has 2 rings (SSSR count). The lowest BCUT2D eigenvalue weighted by Gasteiger charge is -2.38. The predicted molar refractivity (Wildman–Crippen MR) is 66.7 cm³/mol. The molecule has 0 radical (unpaired) electrons. The van der Waals surface area contributed by atoms with Crippen LogP contribution in [0.25, 0.3) is 0 Å². The van der Waals surface area contributed by atoms with E-state index in [0.29, 0.717) is 6.61 Å². The predicted octanol–water partition coefficient (Wildman–Crippen LogP) is 2.72. The Labute approximate surface area is 104 Å². The summed E-state index contributed by atoms with van der Waals surface area (Å²) in [5.74, 6) is 1.68. The highest BCUT2D eigenvalue weighted by Gasteiger charge is 2.43. The van der Waals surface area contributed by atoms with Crippen LogP contribution in [0.15, 0.2) is 0 Å². The van der Waals surface area contributed by atoms with Gasteiger partial charge < -0.3 is 14.6 Å². The van der Waals surface area contributed by atoms with Crippen molar-refractivity contribution in [3.05, 3.63) is 0 Å². The Morgan fingerprint density at radius 2 is 1.88 bits per heavy atom. The standard InChI is InChI=1S/C14H26O3/c1-11(2)12-3-6-14(7-4-12)8-5-13(17-14)16-10-9-15/h11-13,15H,3-10H2,1-2H3/t12?,13-,14?/m0/s1. The van der Waals surface area contributed by atoms with Crippen LogP contribution < -0.4 is 0 Å². The third-order valence-corrected chi connectivity index (χ3v) is 4.50. The van der Waals surface area contributed by atoms with Crippen molar-refractivity contribution in [1.82, 2.24) is 0 Å². The highest BCUT2D eigenvalue weighted by molar-refractivity contribution is 4.92. The molecule has 1 saturated heterocycles. The van der Waals surface area contributed by atoms with Crippen molar-refractivity contribution >= 4 is 0 Å². The molecule has 1 spiro atoms. The molecule has 3 heteroatoms. The topological polar surface area (TPSA) is 38.7 Å². The molecule has 2 fully saturated rings. The van der Waals surface area contributed by atoms with Crippen LogP contribution in [0, 0.1) is 11.8 Å². The number of aliphatic hydroxyl groups is 1. The summed E-state index contributed by atoms with van der Waals surface area (Å²) in [6.45, 7) is 5.13. The van der Waals surface area contributed by atoms with E-state index in [2.05, 4.69) is 13.8 Å². The van der Waals surface area contributed by atoms with E-state index in [1.807, 2.05) is 0 Å². The number of rotatable bonds is 4. The lowest BCUT2D eigenvalue weighted by atomic mass is 9.74. The lowest BCUT2D eigenvalue weighted by molar-refractivity contribution is -0.183. The summed E-state index contributed by atoms with van der Waals surface area (Å²) in [5, 5.41) is 8.74. The first-order valence-electron chi connectivity index (χ1n) is 7.05. The molecule has 2 aliphatic rings. The Balaban J connectivity index is 1.79. The van der Waals surface area contributed by atoms with Crippen molar-refractivity contribution in [3.8, 4) is 0 Å². The Hall–Kier alpha value is -0.120. The molecule has 1 aliphatic heterocycles. The van der Waals surface area contributed by atoms with E-state index in [1.54, 1.807) is 0 Å². The van der Waals surface area contributed by atoms with Gasteiger partial charge in [-0.25, -0.2) is 0 Å². The van der Waals surface area contributed by atoms with E-state index in [0.717, 1.165) is 24.7 Å². The Bertz CT molecular complexity index is 232. The van der Waals surface area contributed by atoms with Gasteiger partial charge in [0.2, 0.25) is 0 Å². The number of hydrogen-bond acceptors (Lipinski definition) is 3. The van der Waals surface area contributed by atoms with Crippen LogP contribution in [0.1, 0.15) is 52.4 Å². The first-order chi connectivity index (χ1) is 8.15. The largest absolute Gasteiger partial charge is 0.394 e. The molecule has 17 heavy (non-hydrogen) atoms. The van der Waals surface area contributed by atoms with Gasteiger partial charge in [0.05, 0.1) is 18.8 Å². The van der Waals surface area contributed by atoms with E-state index >= 15 is 0 Å². The van der Waals surface area contributed by atoms with E-state index in [9.17, 15) is 0 Å². The fourth-order valence-corrected chi connectivity index (χ4v) is 3.28. The summed E-state index contributed by atoms with van der Waals surface area (Å²) >= 11 is 0. The second-order valence-corrected chi connectivity index (χ2v) is 5.94. The van der Waals surface area contributed by atoms with Crippen molar-refractivity contribution < 1.29 is 14.6 Å². The SMILES string of the molecule is CC(C)C1CCC2(CC1)CC[C@@H](OCCO)O2. The summed E-state index contributed by atoms with van der Waals surface area (Å²) in [4.78, 5) is 0. The molecule has 1 N–H and O–H groups in total. The van der Waals surface area contributed by atoms with Crippen molar-refractivity contribution in [2.75, 3.05) is 13.2 Å². The molecule has 0 bridgehead atoms. The molecule has 0 unspecified atom stereocenters. The summed E-state index contributed by atoms with van der Waals surface area (Å²) in [6, 6.07) is 0. The summed E-state index contributed by atoms with van der Waals surface area (Å²) in [5.41, 5.74) is 0.103. The second kappa shape index (κ2) is 5.68. The first-order valence-corrected chi connectivity index (χ1v) is 7.05. The third kappa shape index (κ3) is 3.21. The van der Waals surface area contributed by atoms with Crippen LogP contribution >= 0.6 is 0 Å². The average molecular weight is 242 g/mol. The van der Waals surface area contributed by atoms with E-state index in [4.69, 9.17) is 14.6 Å². The van der Waals surface area contributed by atoms with Gasteiger partial charge in [-0.1, -0.05) is 13.8 Å². The zero-order valence-electron chi connectivity index (χ0n) is 11.2. The number of ether oxygens (including phenoxy) is 2. The molecule has 0 aromatic carbocycles. The van der Waals surface area contributed by atoms with Crippen LogP contribution in [-0.2, 0) is 9.47 Å². The molecule has 0 aromatic rings. The zero-order chi connectivity index (χ0) is 12.3. The Kier molecular flexibility index (Phi) is 4.45. The number of aliphatic hydroxyl groups excluding tert-OH is 1. The first kappa shape index (κ1) is 13.3. The van der Waals surface area contributed by atoms with Gasteiger partial charge >= 0.3 is 0 Å². The van der Waals surface area contributed by atoms with Gasteiger partial charge in [-0.15, -0.1) is 0 Å². The molecule has 1 aliphatic carbocycles. The molecule has 0 aromatic heterocycles. The maximum Gasteiger partial charge on any atom is 0.158 e. The van der Waals surface area contributed by atoms with Gasteiger partial charge in [0.1, 0.15) is 0 Å². The van der Waals surface area contributed by atoms with Crippen LogP contribution in [0.5, 0.6) is 0 Å². The second-order valence-electron chi connectivity index (χ2n) is 5.94. The van der Waals surface area contributed by atoms with Gasteiger partial charge in [0, 0.05) is 6.42 Å². The minimum absolute atomic E-state index is 0.0715. The maximum absolute atomic E-state index is 8.74. The van der Waals surface area contributed by atoms with Crippen molar-refractivity contribution in [2.24, 2.45) is 11.8 Å². The zero-order valence-corrected chi connectivity index (χ0v) is 11.2. The Morgan fingerprint density at radius 3 is 2.47 bits per heavy atom.